The van der Waals surface area contributed by atoms with Crippen molar-refractivity contribution in [1.82, 2.24) is 15.0 Å². The van der Waals surface area contributed by atoms with Gasteiger partial charge in [-0.05, 0) is 25.5 Å². The predicted octanol–water partition coefficient (Wildman–Crippen LogP) is 1.88. The summed E-state index contributed by atoms with van der Waals surface area (Å²) in [6.07, 6.45) is 2.26. The van der Waals surface area contributed by atoms with Gasteiger partial charge in [-0.15, -0.1) is 5.10 Å². The highest BCUT2D eigenvalue weighted by molar-refractivity contribution is 5.97. The lowest BCUT2D eigenvalue weighted by atomic mass is 9.95. The zero-order valence-corrected chi connectivity index (χ0v) is 10.7. The number of benzene rings is 1. The van der Waals surface area contributed by atoms with Gasteiger partial charge in [0.25, 0.3) is 0 Å². The smallest absolute Gasteiger partial charge is 0.188 e. The fraction of sp³-hybridized carbons (Fsp3) is 0.357. The average molecular weight is 257 g/mol. The molecule has 2 heterocycles. The van der Waals surface area contributed by atoms with E-state index in [1.165, 1.54) is 6.20 Å². The summed E-state index contributed by atoms with van der Waals surface area (Å²) in [4.78, 5) is 12.5. The third kappa shape index (κ3) is 2.17. The summed E-state index contributed by atoms with van der Waals surface area (Å²) >= 11 is 0. The Bertz CT molecular complexity index is 579. The summed E-state index contributed by atoms with van der Waals surface area (Å²) in [6, 6.07) is 9.55. The third-order valence-electron chi connectivity index (χ3n) is 3.52. The maximum absolute atomic E-state index is 12.5. The van der Waals surface area contributed by atoms with Crippen molar-refractivity contribution >= 4 is 5.78 Å². The zero-order valence-electron chi connectivity index (χ0n) is 10.7. The summed E-state index contributed by atoms with van der Waals surface area (Å²) in [7, 11) is 0. The third-order valence-corrected chi connectivity index (χ3v) is 3.52. The first kappa shape index (κ1) is 12.0. The Morgan fingerprint density at radius 2 is 2.16 bits per heavy atom. The molecular weight excluding hydrogens is 242 g/mol. The van der Waals surface area contributed by atoms with Crippen molar-refractivity contribution in [3.63, 3.8) is 0 Å². The van der Waals surface area contributed by atoms with E-state index < -0.39 is 0 Å². The molecular formula is C14H15N3O2. The van der Waals surface area contributed by atoms with E-state index in [1.807, 2.05) is 37.3 Å². The molecule has 0 saturated carbocycles. The van der Waals surface area contributed by atoms with Crippen molar-refractivity contribution in [2.75, 3.05) is 6.61 Å². The Balaban J connectivity index is 1.94. The minimum atomic E-state index is -0.0963. The van der Waals surface area contributed by atoms with Gasteiger partial charge < -0.3 is 4.74 Å². The largest absolute Gasteiger partial charge is 0.378 e. The second-order valence-electron chi connectivity index (χ2n) is 4.70. The highest BCUT2D eigenvalue weighted by Gasteiger charge is 2.33. The van der Waals surface area contributed by atoms with Crippen LogP contribution in [0.1, 0.15) is 23.8 Å². The molecule has 19 heavy (non-hydrogen) atoms. The predicted molar refractivity (Wildman–Crippen MR) is 69.2 cm³/mol. The number of ketones is 1. The van der Waals surface area contributed by atoms with Crippen molar-refractivity contribution in [3.8, 4) is 5.69 Å². The molecule has 0 amide bonds. The molecule has 5 nitrogen and oxygen atoms in total. The van der Waals surface area contributed by atoms with Crippen LogP contribution in [-0.4, -0.2) is 33.5 Å². The molecule has 3 rings (SSSR count). The Hall–Kier alpha value is -2.01. The molecule has 1 aliphatic rings. The Morgan fingerprint density at radius 3 is 2.84 bits per heavy atom. The van der Waals surface area contributed by atoms with Gasteiger partial charge in [0.1, 0.15) is 5.69 Å². The molecule has 0 spiro atoms. The van der Waals surface area contributed by atoms with Crippen molar-refractivity contribution in [1.29, 1.82) is 0 Å². The summed E-state index contributed by atoms with van der Waals surface area (Å²) in [5.74, 6) is -0.0418. The van der Waals surface area contributed by atoms with Crippen LogP contribution in [0.25, 0.3) is 5.69 Å². The highest BCUT2D eigenvalue weighted by atomic mass is 16.5. The molecule has 1 aromatic heterocycles. The van der Waals surface area contributed by atoms with E-state index in [0.717, 1.165) is 12.1 Å². The molecule has 0 aliphatic carbocycles. The molecule has 0 bridgehead atoms. The van der Waals surface area contributed by atoms with Crippen LogP contribution in [0.4, 0.5) is 0 Å². The van der Waals surface area contributed by atoms with E-state index in [-0.39, 0.29) is 17.8 Å². The molecule has 5 heteroatoms. The van der Waals surface area contributed by atoms with E-state index in [2.05, 4.69) is 10.3 Å². The molecule has 1 aromatic carbocycles. The SMILES string of the molecule is CC1OCCC1C(=O)c1cnnn1-c1ccccc1. The summed E-state index contributed by atoms with van der Waals surface area (Å²) in [5.41, 5.74) is 1.36. The number of hydrogen-bond acceptors (Lipinski definition) is 4. The molecule has 0 radical (unpaired) electrons. The minimum absolute atomic E-state index is 0.0355. The zero-order chi connectivity index (χ0) is 13.2. The van der Waals surface area contributed by atoms with Gasteiger partial charge in [-0.3, -0.25) is 4.79 Å². The van der Waals surface area contributed by atoms with E-state index >= 15 is 0 Å². The van der Waals surface area contributed by atoms with Gasteiger partial charge in [-0.25, -0.2) is 4.68 Å². The first-order chi connectivity index (χ1) is 9.27. The number of Topliss-reactive ketones (excluding diaryl/α,β-unsaturated/α-hetero) is 1. The molecule has 0 N–H and O–H groups in total. The van der Waals surface area contributed by atoms with Crippen molar-refractivity contribution in [2.45, 2.75) is 19.4 Å². The molecule has 98 valence electrons. The lowest BCUT2D eigenvalue weighted by Crippen LogP contribution is -2.24. The average Bonchev–Trinajstić information content (AvgIpc) is 3.07. The molecule has 1 saturated heterocycles. The van der Waals surface area contributed by atoms with Crippen LogP contribution in [0.3, 0.4) is 0 Å². The van der Waals surface area contributed by atoms with Gasteiger partial charge in [-0.2, -0.15) is 0 Å². The van der Waals surface area contributed by atoms with Crippen LogP contribution in [0.5, 0.6) is 0 Å². The minimum Gasteiger partial charge on any atom is -0.378 e. The van der Waals surface area contributed by atoms with Gasteiger partial charge in [0.05, 0.1) is 23.9 Å². The van der Waals surface area contributed by atoms with E-state index in [4.69, 9.17) is 4.74 Å². The summed E-state index contributed by atoms with van der Waals surface area (Å²) in [5, 5.41) is 7.88. The van der Waals surface area contributed by atoms with Gasteiger partial charge in [0, 0.05) is 6.61 Å². The van der Waals surface area contributed by atoms with Crippen molar-refractivity contribution < 1.29 is 9.53 Å². The number of nitrogens with zero attached hydrogens (tertiary/aromatic N) is 3. The number of aromatic nitrogens is 3. The highest BCUT2D eigenvalue weighted by Crippen LogP contribution is 2.25. The van der Waals surface area contributed by atoms with Crippen molar-refractivity contribution in [2.24, 2.45) is 5.92 Å². The second kappa shape index (κ2) is 4.93. The first-order valence-electron chi connectivity index (χ1n) is 6.39. The van der Waals surface area contributed by atoms with E-state index in [1.54, 1.807) is 4.68 Å². The van der Waals surface area contributed by atoms with Crippen LogP contribution >= 0.6 is 0 Å². The fourth-order valence-corrected chi connectivity index (χ4v) is 2.43. The van der Waals surface area contributed by atoms with Gasteiger partial charge >= 0.3 is 0 Å². The maximum atomic E-state index is 12.5. The monoisotopic (exact) mass is 257 g/mol. The molecule has 2 unspecified atom stereocenters. The summed E-state index contributed by atoms with van der Waals surface area (Å²) < 4.78 is 7.05. The van der Waals surface area contributed by atoms with Gasteiger partial charge in [0.2, 0.25) is 0 Å². The standard InChI is InChI=1S/C14H15N3O2/c1-10-12(7-8-19-10)14(18)13-9-15-16-17(13)11-5-3-2-4-6-11/h2-6,9-10,12H,7-8H2,1H3. The normalized spacial score (nSPS) is 22.6. The van der Waals surface area contributed by atoms with E-state index in [0.29, 0.717) is 12.3 Å². The Kier molecular flexibility index (Phi) is 3.13. The second-order valence-corrected chi connectivity index (χ2v) is 4.70. The number of rotatable bonds is 3. The molecule has 1 aliphatic heterocycles. The quantitative estimate of drug-likeness (QED) is 0.788. The fourth-order valence-electron chi connectivity index (χ4n) is 2.43. The van der Waals surface area contributed by atoms with Gasteiger partial charge in [-0.1, -0.05) is 23.4 Å². The van der Waals surface area contributed by atoms with E-state index in [9.17, 15) is 4.79 Å². The number of carbonyl (C=O) groups is 1. The van der Waals surface area contributed by atoms with Crippen LogP contribution in [0.2, 0.25) is 0 Å². The molecule has 1 fully saturated rings. The molecule has 2 aromatic rings. The number of para-hydroxylation sites is 1. The molecule has 2 atom stereocenters. The lowest BCUT2D eigenvalue weighted by Gasteiger charge is -2.13. The number of hydrogen-bond donors (Lipinski definition) is 0. The van der Waals surface area contributed by atoms with Crippen LogP contribution < -0.4 is 0 Å². The van der Waals surface area contributed by atoms with Crippen LogP contribution in [-0.2, 0) is 4.74 Å². The summed E-state index contributed by atoms with van der Waals surface area (Å²) in [6.45, 7) is 2.58. The first-order valence-corrected chi connectivity index (χ1v) is 6.39. The number of ether oxygens (including phenoxy) is 1. The number of carbonyl (C=O) groups excluding carboxylic acids is 1. The maximum Gasteiger partial charge on any atom is 0.188 e. The van der Waals surface area contributed by atoms with Crippen LogP contribution in [0, 0.1) is 5.92 Å². The van der Waals surface area contributed by atoms with Crippen LogP contribution in [0.15, 0.2) is 36.5 Å². The Morgan fingerprint density at radius 1 is 1.37 bits per heavy atom. The Labute approximate surface area is 111 Å². The van der Waals surface area contributed by atoms with Crippen molar-refractivity contribution in [3.05, 3.63) is 42.2 Å². The lowest BCUT2D eigenvalue weighted by molar-refractivity contribution is 0.0757. The van der Waals surface area contributed by atoms with Gasteiger partial charge in [0.15, 0.2) is 5.78 Å². The topological polar surface area (TPSA) is 57.0 Å².